The van der Waals surface area contributed by atoms with Crippen molar-refractivity contribution in [3.63, 3.8) is 0 Å². The Labute approximate surface area is 291 Å². The molecule has 2 heterocycles. The quantitative estimate of drug-likeness (QED) is 0.170. The molecule has 0 amide bonds. The van der Waals surface area contributed by atoms with Gasteiger partial charge < -0.3 is 0 Å². The SMILES string of the molecule is c1ccc(-c2cc(-c3cccc(-c4c(-c5ccccc5)c5cc(-c6cccnc6)ccc5c5ccccc45)c3)nc(-c3ccccc3)n2)cc1. The fourth-order valence-electron chi connectivity index (χ4n) is 7.01. The molecule has 0 unspecified atom stereocenters. The minimum Gasteiger partial charge on any atom is -0.264 e. The first-order valence-corrected chi connectivity index (χ1v) is 16.9. The smallest absolute Gasteiger partial charge is 0.160 e. The van der Waals surface area contributed by atoms with Crippen molar-refractivity contribution in [3.8, 4) is 67.3 Å². The van der Waals surface area contributed by atoms with Gasteiger partial charge in [0.1, 0.15) is 0 Å². The summed E-state index contributed by atoms with van der Waals surface area (Å²) in [6.45, 7) is 0. The van der Waals surface area contributed by atoms with Gasteiger partial charge in [-0.2, -0.15) is 0 Å². The van der Waals surface area contributed by atoms with Crippen molar-refractivity contribution in [2.75, 3.05) is 0 Å². The van der Waals surface area contributed by atoms with E-state index < -0.39 is 0 Å². The van der Waals surface area contributed by atoms with Crippen LogP contribution in [0.25, 0.3) is 88.8 Å². The van der Waals surface area contributed by atoms with Crippen molar-refractivity contribution in [1.82, 2.24) is 15.0 Å². The van der Waals surface area contributed by atoms with Gasteiger partial charge in [-0.15, -0.1) is 0 Å². The Morgan fingerprint density at radius 2 is 0.860 bits per heavy atom. The van der Waals surface area contributed by atoms with Crippen molar-refractivity contribution in [2.24, 2.45) is 0 Å². The predicted molar refractivity (Wildman–Crippen MR) is 207 cm³/mol. The summed E-state index contributed by atoms with van der Waals surface area (Å²) >= 11 is 0. The highest BCUT2D eigenvalue weighted by Crippen LogP contribution is 2.46. The van der Waals surface area contributed by atoms with Crippen LogP contribution in [0, 0.1) is 0 Å². The largest absolute Gasteiger partial charge is 0.264 e. The lowest BCUT2D eigenvalue weighted by atomic mass is 9.83. The number of hydrogen-bond donors (Lipinski definition) is 0. The van der Waals surface area contributed by atoms with Crippen LogP contribution < -0.4 is 0 Å². The van der Waals surface area contributed by atoms with Crippen LogP contribution in [-0.2, 0) is 0 Å². The lowest BCUT2D eigenvalue weighted by Gasteiger charge is -2.20. The summed E-state index contributed by atoms with van der Waals surface area (Å²) in [6, 6.07) is 62.0. The van der Waals surface area contributed by atoms with E-state index in [9.17, 15) is 0 Å². The third kappa shape index (κ3) is 5.41. The number of hydrogen-bond acceptors (Lipinski definition) is 3. The van der Waals surface area contributed by atoms with Crippen molar-refractivity contribution in [3.05, 3.63) is 188 Å². The summed E-state index contributed by atoms with van der Waals surface area (Å²) in [5.41, 5.74) is 11.8. The molecular formula is C47H31N3. The Hall–Kier alpha value is -6.71. The van der Waals surface area contributed by atoms with Gasteiger partial charge in [-0.25, -0.2) is 9.97 Å². The van der Waals surface area contributed by atoms with Crippen LogP contribution in [0.3, 0.4) is 0 Å². The van der Waals surface area contributed by atoms with Crippen LogP contribution in [0.2, 0.25) is 0 Å². The van der Waals surface area contributed by atoms with Crippen molar-refractivity contribution in [2.45, 2.75) is 0 Å². The molecule has 9 aromatic rings. The van der Waals surface area contributed by atoms with Gasteiger partial charge in [0.25, 0.3) is 0 Å². The van der Waals surface area contributed by atoms with Crippen LogP contribution in [0.4, 0.5) is 0 Å². The van der Waals surface area contributed by atoms with E-state index in [1.54, 1.807) is 0 Å². The molecule has 234 valence electrons. The van der Waals surface area contributed by atoms with E-state index in [0.29, 0.717) is 5.82 Å². The maximum Gasteiger partial charge on any atom is 0.160 e. The zero-order valence-electron chi connectivity index (χ0n) is 27.2. The highest BCUT2D eigenvalue weighted by Gasteiger charge is 2.19. The molecular weight excluding hydrogens is 607 g/mol. The van der Waals surface area contributed by atoms with Gasteiger partial charge in [0.2, 0.25) is 0 Å². The lowest BCUT2D eigenvalue weighted by Crippen LogP contribution is -1.96. The number of aromatic nitrogens is 3. The summed E-state index contributed by atoms with van der Waals surface area (Å²) in [4.78, 5) is 14.6. The van der Waals surface area contributed by atoms with Crippen molar-refractivity contribution in [1.29, 1.82) is 0 Å². The van der Waals surface area contributed by atoms with Crippen LogP contribution >= 0.6 is 0 Å². The fraction of sp³-hybridized carbons (Fsp3) is 0. The number of pyridine rings is 1. The van der Waals surface area contributed by atoms with Crippen LogP contribution in [0.5, 0.6) is 0 Å². The summed E-state index contributed by atoms with van der Waals surface area (Å²) in [5.74, 6) is 0.705. The van der Waals surface area contributed by atoms with E-state index in [0.717, 1.165) is 44.8 Å². The molecule has 0 atom stereocenters. The zero-order chi connectivity index (χ0) is 33.3. The summed E-state index contributed by atoms with van der Waals surface area (Å²) < 4.78 is 0. The Morgan fingerprint density at radius 1 is 0.300 bits per heavy atom. The second-order valence-electron chi connectivity index (χ2n) is 12.4. The molecule has 0 N–H and O–H groups in total. The van der Waals surface area contributed by atoms with E-state index in [1.807, 2.05) is 42.7 Å². The summed E-state index contributed by atoms with van der Waals surface area (Å²) in [6.07, 6.45) is 3.76. The van der Waals surface area contributed by atoms with Gasteiger partial charge in [0, 0.05) is 34.6 Å². The molecule has 0 bridgehead atoms. The number of nitrogens with zero attached hydrogens (tertiary/aromatic N) is 3. The first kappa shape index (κ1) is 29.4. The topological polar surface area (TPSA) is 38.7 Å². The van der Waals surface area contributed by atoms with E-state index in [-0.39, 0.29) is 0 Å². The molecule has 7 aromatic carbocycles. The van der Waals surface area contributed by atoms with E-state index >= 15 is 0 Å². The van der Waals surface area contributed by atoms with Gasteiger partial charge in [0.05, 0.1) is 11.4 Å². The fourth-order valence-corrected chi connectivity index (χ4v) is 7.01. The molecule has 9 rings (SSSR count). The van der Waals surface area contributed by atoms with Crippen molar-refractivity contribution < 1.29 is 0 Å². The zero-order valence-corrected chi connectivity index (χ0v) is 27.2. The molecule has 0 fully saturated rings. The molecule has 0 aliphatic rings. The van der Waals surface area contributed by atoms with Gasteiger partial charge in [-0.05, 0) is 73.6 Å². The van der Waals surface area contributed by atoms with Gasteiger partial charge in [-0.3, -0.25) is 4.98 Å². The highest BCUT2D eigenvalue weighted by molar-refractivity contribution is 6.22. The summed E-state index contributed by atoms with van der Waals surface area (Å²) in [5, 5.41) is 4.86. The number of benzene rings is 7. The van der Waals surface area contributed by atoms with Gasteiger partial charge >= 0.3 is 0 Å². The molecule has 0 saturated heterocycles. The average Bonchev–Trinajstić information content (AvgIpc) is 3.21. The van der Waals surface area contributed by atoms with Crippen molar-refractivity contribution >= 4 is 21.5 Å². The van der Waals surface area contributed by atoms with Crippen LogP contribution in [-0.4, -0.2) is 15.0 Å². The first-order valence-electron chi connectivity index (χ1n) is 16.9. The Kier molecular flexibility index (Phi) is 7.49. The Balaban J connectivity index is 1.31. The number of rotatable bonds is 6. The molecule has 0 saturated carbocycles. The maximum atomic E-state index is 5.16. The molecule has 0 aliphatic carbocycles. The van der Waals surface area contributed by atoms with Gasteiger partial charge in [-0.1, -0.05) is 152 Å². The van der Waals surface area contributed by atoms with E-state index in [1.165, 1.54) is 38.2 Å². The third-order valence-corrected chi connectivity index (χ3v) is 9.36. The van der Waals surface area contributed by atoms with Crippen LogP contribution in [0.1, 0.15) is 0 Å². The Bertz CT molecular complexity index is 2560. The molecule has 0 spiro atoms. The van der Waals surface area contributed by atoms with E-state index in [4.69, 9.17) is 9.97 Å². The second-order valence-corrected chi connectivity index (χ2v) is 12.4. The second kappa shape index (κ2) is 12.7. The lowest BCUT2D eigenvalue weighted by molar-refractivity contribution is 1.18. The molecule has 50 heavy (non-hydrogen) atoms. The third-order valence-electron chi connectivity index (χ3n) is 9.36. The minimum absolute atomic E-state index is 0.705. The highest BCUT2D eigenvalue weighted by atomic mass is 14.9. The van der Waals surface area contributed by atoms with E-state index in [2.05, 4.69) is 151 Å². The standard InChI is InChI=1S/C47H31N3/c1-4-14-32(15-5-1)43-30-44(50-47(49-43)34-18-8-3-9-19-34)36-20-12-21-37(28-36)46-41-24-11-10-23-39(41)40-26-25-35(38-22-13-27-48-31-38)29-42(40)45(46)33-16-6-2-7-17-33/h1-31H. The van der Waals surface area contributed by atoms with Crippen LogP contribution in [0.15, 0.2) is 188 Å². The molecule has 3 heteroatoms. The normalized spacial score (nSPS) is 11.2. The molecule has 3 nitrogen and oxygen atoms in total. The molecule has 2 aromatic heterocycles. The summed E-state index contributed by atoms with van der Waals surface area (Å²) in [7, 11) is 0. The monoisotopic (exact) mass is 637 g/mol. The molecule has 0 radical (unpaired) electrons. The van der Waals surface area contributed by atoms with Gasteiger partial charge in [0.15, 0.2) is 5.82 Å². The minimum atomic E-state index is 0.705. The predicted octanol–water partition coefficient (Wildman–Crippen LogP) is 12.2. The Morgan fingerprint density at radius 3 is 1.58 bits per heavy atom. The molecule has 0 aliphatic heterocycles. The first-order chi connectivity index (χ1) is 24.8. The maximum absolute atomic E-state index is 5.16. The number of fused-ring (bicyclic) bond motifs is 3. The average molecular weight is 638 g/mol.